The molecule has 0 spiro atoms. The zero-order valence-electron chi connectivity index (χ0n) is 13.3. The number of aromatic nitrogens is 1. The number of carbonyl (C=O) groups is 2. The van der Waals surface area contributed by atoms with E-state index in [2.05, 4.69) is 15.6 Å². The third-order valence-electron chi connectivity index (χ3n) is 4.10. The van der Waals surface area contributed by atoms with Gasteiger partial charge in [-0.25, -0.2) is 8.78 Å². The molecule has 1 aromatic heterocycles. The maximum Gasteiger partial charge on any atom is 0.226 e. The summed E-state index contributed by atoms with van der Waals surface area (Å²) in [5, 5.41) is 5.35. The van der Waals surface area contributed by atoms with Crippen molar-refractivity contribution in [3.8, 4) is 0 Å². The number of hydrogen-bond donors (Lipinski definition) is 2. The highest BCUT2D eigenvalue weighted by Crippen LogP contribution is 2.48. The van der Waals surface area contributed by atoms with Crippen LogP contribution in [0.25, 0.3) is 0 Å². The minimum atomic E-state index is -0.518. The third kappa shape index (κ3) is 4.37. The van der Waals surface area contributed by atoms with E-state index in [0.29, 0.717) is 12.1 Å². The summed E-state index contributed by atoms with van der Waals surface area (Å²) >= 11 is 0. The van der Waals surface area contributed by atoms with Gasteiger partial charge in [-0.05, 0) is 48.2 Å². The number of benzene rings is 1. The summed E-state index contributed by atoms with van der Waals surface area (Å²) in [6.45, 7) is 0.185. The SMILES string of the molecule is O=C(CCNC(=O)[C@H]1C[C@H]1c1cc(F)ccc1F)Nc1ccncc1. The van der Waals surface area contributed by atoms with Gasteiger partial charge >= 0.3 is 0 Å². The zero-order valence-corrected chi connectivity index (χ0v) is 13.3. The molecule has 7 heteroatoms. The Morgan fingerprint density at radius 2 is 1.92 bits per heavy atom. The summed E-state index contributed by atoms with van der Waals surface area (Å²) < 4.78 is 26.9. The summed E-state index contributed by atoms with van der Waals surface area (Å²) in [6, 6.07) is 6.59. The van der Waals surface area contributed by atoms with Crippen LogP contribution in [-0.4, -0.2) is 23.3 Å². The zero-order chi connectivity index (χ0) is 17.8. The average molecular weight is 345 g/mol. The highest BCUT2D eigenvalue weighted by atomic mass is 19.1. The third-order valence-corrected chi connectivity index (χ3v) is 4.10. The Labute approximate surface area is 143 Å². The quantitative estimate of drug-likeness (QED) is 0.845. The Balaban J connectivity index is 1.43. The van der Waals surface area contributed by atoms with Crippen LogP contribution in [0.1, 0.15) is 24.3 Å². The van der Waals surface area contributed by atoms with Gasteiger partial charge in [-0.15, -0.1) is 0 Å². The number of halogens is 2. The second kappa shape index (κ2) is 7.38. The van der Waals surface area contributed by atoms with Gasteiger partial charge in [0, 0.05) is 37.0 Å². The molecule has 1 aliphatic carbocycles. The minimum Gasteiger partial charge on any atom is -0.355 e. The van der Waals surface area contributed by atoms with Crippen LogP contribution in [0.4, 0.5) is 14.5 Å². The van der Waals surface area contributed by atoms with E-state index in [9.17, 15) is 18.4 Å². The monoisotopic (exact) mass is 345 g/mol. The van der Waals surface area contributed by atoms with Crippen molar-refractivity contribution in [1.82, 2.24) is 10.3 Å². The summed E-state index contributed by atoms with van der Waals surface area (Å²) in [5.74, 6) is -2.17. The van der Waals surface area contributed by atoms with Gasteiger partial charge in [0.25, 0.3) is 0 Å². The molecular weight excluding hydrogens is 328 g/mol. The second-order valence-electron chi connectivity index (χ2n) is 5.94. The van der Waals surface area contributed by atoms with Gasteiger partial charge in [0.05, 0.1) is 0 Å². The molecule has 2 N–H and O–H groups in total. The topological polar surface area (TPSA) is 71.1 Å². The number of rotatable bonds is 6. The summed E-state index contributed by atoms with van der Waals surface area (Å²) in [6.07, 6.45) is 3.74. The van der Waals surface area contributed by atoms with E-state index < -0.39 is 11.6 Å². The van der Waals surface area contributed by atoms with Gasteiger partial charge in [0.2, 0.25) is 11.8 Å². The van der Waals surface area contributed by atoms with Gasteiger partial charge < -0.3 is 10.6 Å². The number of anilines is 1. The molecule has 0 unspecified atom stereocenters. The number of pyridine rings is 1. The molecule has 0 aliphatic heterocycles. The lowest BCUT2D eigenvalue weighted by molar-refractivity contribution is -0.122. The van der Waals surface area contributed by atoms with Crippen molar-refractivity contribution >= 4 is 17.5 Å². The van der Waals surface area contributed by atoms with E-state index in [-0.39, 0.29) is 42.2 Å². The Morgan fingerprint density at radius 1 is 1.16 bits per heavy atom. The largest absolute Gasteiger partial charge is 0.355 e. The van der Waals surface area contributed by atoms with Crippen molar-refractivity contribution in [3.05, 3.63) is 59.9 Å². The van der Waals surface area contributed by atoms with Crippen LogP contribution in [-0.2, 0) is 9.59 Å². The van der Waals surface area contributed by atoms with Crippen LogP contribution in [0.2, 0.25) is 0 Å². The van der Waals surface area contributed by atoms with Crippen LogP contribution >= 0.6 is 0 Å². The number of carbonyl (C=O) groups excluding carboxylic acids is 2. The Kier molecular flexibility index (Phi) is 5.02. The Morgan fingerprint density at radius 3 is 2.68 bits per heavy atom. The smallest absolute Gasteiger partial charge is 0.226 e. The van der Waals surface area contributed by atoms with Crippen LogP contribution in [0, 0.1) is 17.6 Å². The molecule has 3 rings (SSSR count). The van der Waals surface area contributed by atoms with Crippen molar-refractivity contribution in [3.63, 3.8) is 0 Å². The fourth-order valence-corrected chi connectivity index (χ4v) is 2.72. The number of amides is 2. The summed E-state index contributed by atoms with van der Waals surface area (Å²) in [4.78, 5) is 27.7. The average Bonchev–Trinajstić information content (AvgIpc) is 3.38. The maximum atomic E-state index is 13.7. The molecule has 1 aliphatic rings. The van der Waals surface area contributed by atoms with Crippen molar-refractivity contribution in [2.24, 2.45) is 5.92 Å². The highest BCUT2D eigenvalue weighted by molar-refractivity contribution is 5.91. The predicted octanol–water partition coefficient (Wildman–Crippen LogP) is 2.61. The lowest BCUT2D eigenvalue weighted by Gasteiger charge is -2.07. The van der Waals surface area contributed by atoms with E-state index in [4.69, 9.17) is 0 Å². The molecule has 1 saturated carbocycles. The Bertz CT molecular complexity index is 783. The molecule has 130 valence electrons. The standard InChI is InChI=1S/C18H17F2N3O2/c19-11-1-2-16(20)14(9-11)13-10-15(13)18(25)22-8-5-17(24)23-12-3-6-21-7-4-12/h1-4,6-7,9,13,15H,5,8,10H2,(H,22,25)(H,21,23,24)/t13-,15-/m0/s1. The molecule has 2 amide bonds. The van der Waals surface area contributed by atoms with E-state index >= 15 is 0 Å². The first kappa shape index (κ1) is 17.0. The fourth-order valence-electron chi connectivity index (χ4n) is 2.72. The Hall–Kier alpha value is -2.83. The number of hydrogen-bond acceptors (Lipinski definition) is 3. The van der Waals surface area contributed by atoms with E-state index in [1.54, 1.807) is 24.5 Å². The minimum absolute atomic E-state index is 0.125. The first-order chi connectivity index (χ1) is 12.0. The lowest BCUT2D eigenvalue weighted by atomic mass is 10.1. The maximum absolute atomic E-state index is 13.7. The lowest BCUT2D eigenvalue weighted by Crippen LogP contribution is -2.29. The van der Waals surface area contributed by atoms with E-state index in [1.807, 2.05) is 0 Å². The molecule has 5 nitrogen and oxygen atoms in total. The second-order valence-corrected chi connectivity index (χ2v) is 5.94. The van der Waals surface area contributed by atoms with Gasteiger partial charge in [0.1, 0.15) is 11.6 Å². The molecule has 1 fully saturated rings. The molecule has 0 saturated heterocycles. The number of nitrogens with one attached hydrogen (secondary N) is 2. The predicted molar refractivity (Wildman–Crippen MR) is 87.7 cm³/mol. The van der Waals surface area contributed by atoms with Crippen molar-refractivity contribution < 1.29 is 18.4 Å². The van der Waals surface area contributed by atoms with E-state index in [1.165, 1.54) is 0 Å². The number of nitrogens with zero attached hydrogens (tertiary/aromatic N) is 1. The van der Waals surface area contributed by atoms with Crippen LogP contribution in [0.15, 0.2) is 42.7 Å². The van der Waals surface area contributed by atoms with Crippen LogP contribution in [0.5, 0.6) is 0 Å². The van der Waals surface area contributed by atoms with Crippen LogP contribution in [0.3, 0.4) is 0 Å². The van der Waals surface area contributed by atoms with Gasteiger partial charge in [-0.3, -0.25) is 14.6 Å². The fraction of sp³-hybridized carbons (Fsp3) is 0.278. The molecule has 1 aromatic carbocycles. The molecule has 2 aromatic rings. The molecule has 25 heavy (non-hydrogen) atoms. The first-order valence-corrected chi connectivity index (χ1v) is 7.97. The van der Waals surface area contributed by atoms with Gasteiger partial charge in [0.15, 0.2) is 0 Å². The highest BCUT2D eigenvalue weighted by Gasteiger charge is 2.45. The molecular formula is C18H17F2N3O2. The molecule has 1 heterocycles. The molecule has 2 atom stereocenters. The van der Waals surface area contributed by atoms with Crippen LogP contribution < -0.4 is 10.6 Å². The molecule has 0 bridgehead atoms. The van der Waals surface area contributed by atoms with Gasteiger partial charge in [-0.2, -0.15) is 0 Å². The molecule has 0 radical (unpaired) electrons. The van der Waals surface area contributed by atoms with Gasteiger partial charge in [-0.1, -0.05) is 0 Å². The van der Waals surface area contributed by atoms with E-state index in [0.717, 1.165) is 18.2 Å². The summed E-state index contributed by atoms with van der Waals surface area (Å²) in [5.41, 5.74) is 0.866. The first-order valence-electron chi connectivity index (χ1n) is 7.97. The van der Waals surface area contributed by atoms with Crippen molar-refractivity contribution in [2.75, 3.05) is 11.9 Å². The van der Waals surface area contributed by atoms with Crippen molar-refractivity contribution in [1.29, 1.82) is 0 Å². The normalized spacial score (nSPS) is 18.5. The summed E-state index contributed by atoms with van der Waals surface area (Å²) in [7, 11) is 0. The van der Waals surface area contributed by atoms with Crippen molar-refractivity contribution in [2.45, 2.75) is 18.8 Å².